The highest BCUT2D eigenvalue weighted by atomic mass is 127. The van der Waals surface area contributed by atoms with E-state index < -0.39 is 0 Å². The van der Waals surface area contributed by atoms with Gasteiger partial charge in [0.15, 0.2) is 0 Å². The van der Waals surface area contributed by atoms with E-state index in [9.17, 15) is 0 Å². The molecule has 0 bridgehead atoms. The summed E-state index contributed by atoms with van der Waals surface area (Å²) in [7, 11) is 0. The van der Waals surface area contributed by atoms with Crippen LogP contribution in [0.2, 0.25) is 0 Å². The van der Waals surface area contributed by atoms with Crippen molar-refractivity contribution in [1.29, 1.82) is 0 Å². The number of nitrogens with zero attached hydrogens (tertiary/aromatic N) is 2. The molecule has 0 spiro atoms. The van der Waals surface area contributed by atoms with Crippen LogP contribution in [0.5, 0.6) is 0 Å². The quantitative estimate of drug-likeness (QED) is 0.256. The minimum Gasteiger partial charge on any atom is -1.00 e. The van der Waals surface area contributed by atoms with Crippen molar-refractivity contribution in [3.63, 3.8) is 0 Å². The van der Waals surface area contributed by atoms with Gasteiger partial charge in [-0.2, -0.15) is 0 Å². The molecule has 1 heterocycles. The zero-order valence-electron chi connectivity index (χ0n) is 13.1. The Kier molecular flexibility index (Phi) is 13.1. The third-order valence-corrected chi connectivity index (χ3v) is 5.15. The third-order valence-electron chi connectivity index (χ3n) is 5.15. The van der Waals surface area contributed by atoms with E-state index >= 15 is 0 Å². The van der Waals surface area contributed by atoms with Gasteiger partial charge in [-0.15, -0.1) is 0 Å². The van der Waals surface area contributed by atoms with Gasteiger partial charge in [0.25, 0.3) is 0 Å². The second kappa shape index (κ2) is 11.0. The lowest BCUT2D eigenvalue weighted by Crippen LogP contribution is -3.00. The molecule has 1 aliphatic rings. The fourth-order valence-corrected chi connectivity index (χ4v) is 3.00. The van der Waals surface area contributed by atoms with Crippen LogP contribution in [-0.2, 0) is 4.74 Å². The van der Waals surface area contributed by atoms with Gasteiger partial charge in [0.05, 0.1) is 39.4 Å². The van der Waals surface area contributed by atoms with Crippen LogP contribution >= 0.6 is 0 Å². The Labute approximate surface area is 154 Å². The molecule has 118 valence electrons. The number of quaternary nitrogens is 2. The fourth-order valence-electron chi connectivity index (χ4n) is 3.00. The van der Waals surface area contributed by atoms with Crippen LogP contribution < -0.4 is 48.0 Å². The number of rotatable bonds is 7. The Balaban J connectivity index is 0. The highest BCUT2D eigenvalue weighted by Crippen LogP contribution is 2.14. The Hall–Kier alpha value is 1.34. The highest BCUT2D eigenvalue weighted by molar-refractivity contribution is 4.50. The molecule has 0 unspecified atom stereocenters. The summed E-state index contributed by atoms with van der Waals surface area (Å²) >= 11 is 0. The first-order chi connectivity index (χ1) is 8.16. The van der Waals surface area contributed by atoms with Crippen molar-refractivity contribution in [3.05, 3.63) is 0 Å². The van der Waals surface area contributed by atoms with Crippen LogP contribution in [0.15, 0.2) is 0 Å². The summed E-state index contributed by atoms with van der Waals surface area (Å²) in [5, 5.41) is 0. The van der Waals surface area contributed by atoms with Crippen molar-refractivity contribution in [1.82, 2.24) is 0 Å². The molecule has 1 saturated heterocycles. The Morgan fingerprint density at radius 3 is 1.74 bits per heavy atom. The SMILES string of the molecule is CC[N+](CC)(CC)CC[N+]1(CC)CCOCC1.[I-].[I-]. The smallest absolute Gasteiger partial charge is 0.129 e. The first-order valence-corrected chi connectivity index (χ1v) is 7.44. The molecule has 0 aromatic carbocycles. The maximum atomic E-state index is 5.52. The van der Waals surface area contributed by atoms with Gasteiger partial charge < -0.3 is 61.7 Å². The minimum atomic E-state index is 0. The number of likely N-dealkylation sites (N-methyl/N-ethyl adjacent to an activating group) is 2. The first-order valence-electron chi connectivity index (χ1n) is 7.44. The third kappa shape index (κ3) is 6.32. The maximum absolute atomic E-state index is 5.52. The van der Waals surface area contributed by atoms with Crippen molar-refractivity contribution < 1.29 is 61.7 Å². The average molecular weight is 498 g/mol. The monoisotopic (exact) mass is 498 g/mol. The van der Waals surface area contributed by atoms with Crippen molar-refractivity contribution in [2.24, 2.45) is 0 Å². The van der Waals surface area contributed by atoms with Gasteiger partial charge in [0.1, 0.15) is 26.2 Å². The van der Waals surface area contributed by atoms with Crippen LogP contribution in [0.4, 0.5) is 0 Å². The molecule has 0 aromatic heterocycles. The number of morpholine rings is 1. The average Bonchev–Trinajstić information content (AvgIpc) is 2.42. The zero-order valence-corrected chi connectivity index (χ0v) is 17.4. The molecule has 19 heavy (non-hydrogen) atoms. The second-order valence-corrected chi connectivity index (χ2v) is 5.45. The molecule has 0 radical (unpaired) electrons. The number of ether oxygens (including phenoxy) is 1. The van der Waals surface area contributed by atoms with E-state index in [0.717, 1.165) is 13.2 Å². The molecule has 1 rings (SSSR count). The largest absolute Gasteiger partial charge is 1.00 e. The minimum absolute atomic E-state index is 0. The van der Waals surface area contributed by atoms with E-state index in [4.69, 9.17) is 4.74 Å². The summed E-state index contributed by atoms with van der Waals surface area (Å²) in [5.41, 5.74) is 0. The summed E-state index contributed by atoms with van der Waals surface area (Å²) < 4.78 is 8.07. The van der Waals surface area contributed by atoms with Gasteiger partial charge in [-0.3, -0.25) is 0 Å². The van der Waals surface area contributed by atoms with Crippen molar-refractivity contribution in [2.75, 3.05) is 65.6 Å². The summed E-state index contributed by atoms with van der Waals surface area (Å²) in [6, 6.07) is 0. The van der Waals surface area contributed by atoms with Gasteiger partial charge in [-0.05, 0) is 27.7 Å². The van der Waals surface area contributed by atoms with Gasteiger partial charge >= 0.3 is 0 Å². The lowest BCUT2D eigenvalue weighted by molar-refractivity contribution is -0.981. The first kappa shape index (κ1) is 22.6. The predicted octanol–water partition coefficient (Wildman–Crippen LogP) is -4.26. The number of hydrogen-bond donors (Lipinski definition) is 0. The van der Waals surface area contributed by atoms with Crippen LogP contribution in [0.3, 0.4) is 0 Å². The van der Waals surface area contributed by atoms with E-state index in [1.54, 1.807) is 0 Å². The molecule has 0 aliphatic carbocycles. The highest BCUT2D eigenvalue weighted by Gasteiger charge is 2.32. The standard InChI is InChI=1S/C14H32N2O.2HI/c1-5-15(6-2,7-3)9-10-16(8-4)11-13-17-14-12-16;;/h5-14H2,1-4H3;2*1H/q+2;;/p-2. The van der Waals surface area contributed by atoms with Crippen LogP contribution in [0, 0.1) is 0 Å². The summed E-state index contributed by atoms with van der Waals surface area (Å²) in [5.74, 6) is 0. The number of hydrogen-bond acceptors (Lipinski definition) is 1. The van der Waals surface area contributed by atoms with E-state index in [0.29, 0.717) is 0 Å². The molecule has 0 aromatic rings. The molecule has 1 fully saturated rings. The lowest BCUT2D eigenvalue weighted by Gasteiger charge is -2.44. The molecular formula is C14H32I2N2O. The van der Waals surface area contributed by atoms with Gasteiger partial charge in [-0.1, -0.05) is 0 Å². The van der Waals surface area contributed by atoms with Crippen molar-refractivity contribution in [2.45, 2.75) is 27.7 Å². The zero-order chi connectivity index (χ0) is 12.8. The van der Waals surface area contributed by atoms with Crippen molar-refractivity contribution in [3.8, 4) is 0 Å². The Morgan fingerprint density at radius 1 is 0.895 bits per heavy atom. The molecular weight excluding hydrogens is 466 g/mol. The van der Waals surface area contributed by atoms with E-state index in [1.807, 2.05) is 0 Å². The van der Waals surface area contributed by atoms with Gasteiger partial charge in [0, 0.05) is 0 Å². The van der Waals surface area contributed by atoms with Gasteiger partial charge in [-0.25, -0.2) is 0 Å². The molecule has 0 saturated carbocycles. The summed E-state index contributed by atoms with van der Waals surface area (Å²) in [4.78, 5) is 0. The predicted molar refractivity (Wildman–Crippen MR) is 73.0 cm³/mol. The fraction of sp³-hybridized carbons (Fsp3) is 1.00. The second-order valence-electron chi connectivity index (χ2n) is 5.45. The summed E-state index contributed by atoms with van der Waals surface area (Å²) in [6.07, 6.45) is 0. The van der Waals surface area contributed by atoms with Gasteiger partial charge in [0.2, 0.25) is 0 Å². The lowest BCUT2D eigenvalue weighted by atomic mass is 10.2. The van der Waals surface area contributed by atoms with E-state index in [1.165, 1.54) is 61.3 Å². The molecule has 0 N–H and O–H groups in total. The van der Waals surface area contributed by atoms with E-state index in [-0.39, 0.29) is 48.0 Å². The number of halogens is 2. The van der Waals surface area contributed by atoms with E-state index in [2.05, 4.69) is 27.7 Å². The molecule has 5 heteroatoms. The normalized spacial score (nSPS) is 18.3. The topological polar surface area (TPSA) is 9.23 Å². The molecule has 0 atom stereocenters. The summed E-state index contributed by atoms with van der Waals surface area (Å²) in [6.45, 7) is 21.4. The van der Waals surface area contributed by atoms with Crippen LogP contribution in [0.25, 0.3) is 0 Å². The van der Waals surface area contributed by atoms with Crippen molar-refractivity contribution >= 4 is 0 Å². The maximum Gasteiger partial charge on any atom is 0.129 e. The molecule has 3 nitrogen and oxygen atoms in total. The Bertz CT molecular complexity index is 209. The van der Waals surface area contributed by atoms with Crippen LogP contribution in [0.1, 0.15) is 27.7 Å². The molecule has 1 aliphatic heterocycles. The Morgan fingerprint density at radius 2 is 1.37 bits per heavy atom. The molecule has 0 amide bonds. The van der Waals surface area contributed by atoms with Crippen LogP contribution in [-0.4, -0.2) is 74.5 Å².